The zero-order valence-electron chi connectivity index (χ0n) is 11.6. The number of nitrogens with one attached hydrogen (secondary N) is 2. The van der Waals surface area contributed by atoms with Crippen molar-refractivity contribution in [1.29, 1.82) is 0 Å². The maximum absolute atomic E-state index is 13.4. The van der Waals surface area contributed by atoms with Crippen molar-refractivity contribution >= 4 is 23.5 Å². The molecule has 2 rings (SSSR count). The van der Waals surface area contributed by atoms with E-state index in [0.29, 0.717) is 11.3 Å². The zero-order chi connectivity index (χ0) is 15.1. The summed E-state index contributed by atoms with van der Waals surface area (Å²) in [5.41, 5.74) is 1.04. The Morgan fingerprint density at radius 3 is 2.76 bits per heavy atom. The van der Waals surface area contributed by atoms with E-state index >= 15 is 0 Å². The van der Waals surface area contributed by atoms with Crippen LogP contribution in [0.15, 0.2) is 47.6 Å². The van der Waals surface area contributed by atoms with E-state index in [-0.39, 0.29) is 12.4 Å². The number of benzene rings is 1. The first kappa shape index (κ1) is 15.3. The SMILES string of the molecule is CCSc1ccc(NC(=O)NCc2ccccc2F)cn1. The molecule has 4 nitrogen and oxygen atoms in total. The summed E-state index contributed by atoms with van der Waals surface area (Å²) < 4.78 is 13.4. The predicted molar refractivity (Wildman–Crippen MR) is 82.9 cm³/mol. The molecule has 0 fully saturated rings. The van der Waals surface area contributed by atoms with Gasteiger partial charge in [0.2, 0.25) is 0 Å². The monoisotopic (exact) mass is 305 g/mol. The number of thioether (sulfide) groups is 1. The van der Waals surface area contributed by atoms with E-state index in [9.17, 15) is 9.18 Å². The van der Waals surface area contributed by atoms with Crippen molar-refractivity contribution < 1.29 is 9.18 Å². The first-order valence-electron chi connectivity index (χ1n) is 6.56. The van der Waals surface area contributed by atoms with E-state index in [0.717, 1.165) is 10.8 Å². The second-order valence-electron chi connectivity index (χ2n) is 4.22. The van der Waals surface area contributed by atoms with Gasteiger partial charge in [-0.25, -0.2) is 14.2 Å². The van der Waals surface area contributed by atoms with Crippen LogP contribution in [-0.4, -0.2) is 16.8 Å². The molecule has 0 spiro atoms. The molecule has 0 aliphatic rings. The molecule has 110 valence electrons. The highest BCUT2D eigenvalue weighted by Gasteiger charge is 2.05. The maximum atomic E-state index is 13.4. The fraction of sp³-hybridized carbons (Fsp3) is 0.200. The quantitative estimate of drug-likeness (QED) is 0.829. The van der Waals surface area contributed by atoms with Crippen LogP contribution in [0.3, 0.4) is 0 Å². The molecule has 0 saturated heterocycles. The van der Waals surface area contributed by atoms with Gasteiger partial charge in [0.1, 0.15) is 5.82 Å². The highest BCUT2D eigenvalue weighted by molar-refractivity contribution is 7.99. The average Bonchev–Trinajstić information content (AvgIpc) is 2.49. The van der Waals surface area contributed by atoms with E-state index in [2.05, 4.69) is 22.5 Å². The van der Waals surface area contributed by atoms with Crippen LogP contribution in [0.1, 0.15) is 12.5 Å². The van der Waals surface area contributed by atoms with Gasteiger partial charge >= 0.3 is 6.03 Å². The number of urea groups is 1. The molecule has 1 aromatic heterocycles. The second-order valence-corrected chi connectivity index (χ2v) is 5.50. The number of carbonyl (C=O) groups is 1. The molecule has 0 saturated carbocycles. The molecule has 0 aliphatic carbocycles. The van der Waals surface area contributed by atoms with Crippen LogP contribution >= 0.6 is 11.8 Å². The van der Waals surface area contributed by atoms with Crippen LogP contribution in [0.5, 0.6) is 0 Å². The smallest absolute Gasteiger partial charge is 0.319 e. The van der Waals surface area contributed by atoms with Crippen molar-refractivity contribution in [2.24, 2.45) is 0 Å². The Morgan fingerprint density at radius 1 is 1.29 bits per heavy atom. The highest BCUT2D eigenvalue weighted by atomic mass is 32.2. The summed E-state index contributed by atoms with van der Waals surface area (Å²) in [7, 11) is 0. The lowest BCUT2D eigenvalue weighted by Crippen LogP contribution is -2.28. The minimum Gasteiger partial charge on any atom is -0.334 e. The number of halogens is 1. The maximum Gasteiger partial charge on any atom is 0.319 e. The van der Waals surface area contributed by atoms with Crippen molar-refractivity contribution in [2.45, 2.75) is 18.5 Å². The molecule has 21 heavy (non-hydrogen) atoms. The molecule has 2 aromatic rings. The molecule has 1 heterocycles. The van der Waals surface area contributed by atoms with Crippen molar-refractivity contribution in [3.8, 4) is 0 Å². The Morgan fingerprint density at radius 2 is 2.10 bits per heavy atom. The normalized spacial score (nSPS) is 10.2. The summed E-state index contributed by atoms with van der Waals surface area (Å²) in [6.07, 6.45) is 1.60. The number of amides is 2. The van der Waals surface area contributed by atoms with E-state index < -0.39 is 6.03 Å². The van der Waals surface area contributed by atoms with Crippen molar-refractivity contribution in [3.63, 3.8) is 0 Å². The molecule has 0 radical (unpaired) electrons. The molecule has 0 unspecified atom stereocenters. The lowest BCUT2D eigenvalue weighted by Gasteiger charge is -2.08. The molecule has 0 bridgehead atoms. The first-order chi connectivity index (χ1) is 10.2. The summed E-state index contributed by atoms with van der Waals surface area (Å²) >= 11 is 1.63. The van der Waals surface area contributed by atoms with Crippen LogP contribution in [0.25, 0.3) is 0 Å². The molecule has 1 aromatic carbocycles. The summed E-state index contributed by atoms with van der Waals surface area (Å²) in [5.74, 6) is 0.614. The molecule has 0 aliphatic heterocycles. The Kier molecular flexibility index (Phi) is 5.57. The number of nitrogens with zero attached hydrogens (tertiary/aromatic N) is 1. The number of aromatic nitrogens is 1. The Bertz CT molecular complexity index is 604. The van der Waals surface area contributed by atoms with E-state index in [4.69, 9.17) is 0 Å². The van der Waals surface area contributed by atoms with Crippen molar-refractivity contribution in [1.82, 2.24) is 10.3 Å². The Hall–Kier alpha value is -2.08. The van der Waals surface area contributed by atoms with Crippen molar-refractivity contribution in [3.05, 3.63) is 54.0 Å². The number of carbonyl (C=O) groups excluding carboxylic acids is 1. The van der Waals surface area contributed by atoms with Crippen LogP contribution in [0, 0.1) is 5.82 Å². The van der Waals surface area contributed by atoms with Crippen LogP contribution < -0.4 is 10.6 Å². The molecular formula is C15H16FN3OS. The van der Waals surface area contributed by atoms with Crippen LogP contribution in [-0.2, 0) is 6.54 Å². The van der Waals surface area contributed by atoms with Gasteiger partial charge in [-0.3, -0.25) is 0 Å². The van der Waals surface area contributed by atoms with Crippen LogP contribution in [0.4, 0.5) is 14.9 Å². The topological polar surface area (TPSA) is 54.0 Å². The largest absolute Gasteiger partial charge is 0.334 e. The fourth-order valence-corrected chi connectivity index (χ4v) is 2.27. The van der Waals surface area contributed by atoms with E-state index in [1.54, 1.807) is 42.2 Å². The van der Waals surface area contributed by atoms with Gasteiger partial charge in [-0.1, -0.05) is 25.1 Å². The Labute approximate surface area is 127 Å². The third-order valence-corrected chi connectivity index (χ3v) is 3.51. The van der Waals surface area contributed by atoms with Gasteiger partial charge in [0.15, 0.2) is 0 Å². The molecular weight excluding hydrogens is 289 g/mol. The van der Waals surface area contributed by atoms with Gasteiger partial charge in [0.25, 0.3) is 0 Å². The molecule has 2 amide bonds. The number of rotatable bonds is 5. The summed E-state index contributed by atoms with van der Waals surface area (Å²) in [6, 6.07) is 9.58. The number of hydrogen-bond acceptors (Lipinski definition) is 3. The van der Waals surface area contributed by atoms with Gasteiger partial charge in [-0.15, -0.1) is 11.8 Å². The number of hydrogen-bond donors (Lipinski definition) is 2. The van der Waals surface area contributed by atoms with Gasteiger partial charge in [0.05, 0.1) is 16.9 Å². The molecule has 0 atom stereocenters. The highest BCUT2D eigenvalue weighted by Crippen LogP contribution is 2.16. The summed E-state index contributed by atoms with van der Waals surface area (Å²) in [6.45, 7) is 2.18. The second kappa shape index (κ2) is 7.64. The third-order valence-electron chi connectivity index (χ3n) is 2.68. The number of anilines is 1. The lowest BCUT2D eigenvalue weighted by molar-refractivity contribution is 0.251. The predicted octanol–water partition coefficient (Wildman–Crippen LogP) is 3.65. The summed E-state index contributed by atoms with van der Waals surface area (Å²) in [5, 5.41) is 6.17. The first-order valence-corrected chi connectivity index (χ1v) is 7.54. The molecule has 6 heteroatoms. The Balaban J connectivity index is 1.85. The average molecular weight is 305 g/mol. The fourth-order valence-electron chi connectivity index (χ4n) is 1.68. The van der Waals surface area contributed by atoms with Gasteiger partial charge in [0, 0.05) is 12.1 Å². The van der Waals surface area contributed by atoms with E-state index in [1.807, 2.05) is 6.07 Å². The van der Waals surface area contributed by atoms with Gasteiger partial charge in [-0.05, 0) is 24.0 Å². The number of pyridine rings is 1. The standard InChI is InChI=1S/C15H16FN3OS/c1-2-21-14-8-7-12(10-17-14)19-15(20)18-9-11-5-3-4-6-13(11)16/h3-8,10H,2,9H2,1H3,(H2,18,19,20). The van der Waals surface area contributed by atoms with Crippen LogP contribution in [0.2, 0.25) is 0 Å². The third kappa shape index (κ3) is 4.75. The summed E-state index contributed by atoms with van der Waals surface area (Å²) in [4.78, 5) is 15.9. The van der Waals surface area contributed by atoms with Gasteiger partial charge in [-0.2, -0.15) is 0 Å². The minimum atomic E-state index is -0.393. The molecule has 2 N–H and O–H groups in total. The van der Waals surface area contributed by atoms with E-state index in [1.165, 1.54) is 6.07 Å². The van der Waals surface area contributed by atoms with Gasteiger partial charge < -0.3 is 10.6 Å². The minimum absolute atomic E-state index is 0.135. The van der Waals surface area contributed by atoms with Crippen molar-refractivity contribution in [2.75, 3.05) is 11.1 Å². The zero-order valence-corrected chi connectivity index (χ0v) is 12.4. The lowest BCUT2D eigenvalue weighted by atomic mass is 10.2.